The van der Waals surface area contributed by atoms with Crippen molar-refractivity contribution in [2.24, 2.45) is 0 Å². The van der Waals surface area contributed by atoms with E-state index in [2.05, 4.69) is 9.97 Å². The molecule has 0 atom stereocenters. The minimum Gasteiger partial charge on any atom is -0.477 e. The summed E-state index contributed by atoms with van der Waals surface area (Å²) in [7, 11) is 0. The molecule has 0 amide bonds. The minimum atomic E-state index is -1.13. The summed E-state index contributed by atoms with van der Waals surface area (Å²) in [6, 6.07) is 10.2. The molecule has 0 radical (unpaired) electrons. The van der Waals surface area contributed by atoms with Crippen LogP contribution in [0.5, 0.6) is 0 Å². The van der Waals surface area contributed by atoms with Crippen LogP contribution in [0.15, 0.2) is 61.2 Å². The van der Waals surface area contributed by atoms with Crippen molar-refractivity contribution in [3.8, 4) is 22.3 Å². The van der Waals surface area contributed by atoms with Crippen LogP contribution in [0.3, 0.4) is 0 Å². The molecular weight excluding hydrogens is 738 g/mol. The molecule has 0 aliphatic rings. The van der Waals surface area contributed by atoms with Crippen LogP contribution in [0.4, 0.5) is 0 Å². The van der Waals surface area contributed by atoms with Crippen molar-refractivity contribution >= 4 is 113 Å². The maximum Gasteiger partial charge on any atom is 0.349 e. The number of ether oxygens (including phenoxy) is 1. The molecule has 0 unspecified atom stereocenters. The van der Waals surface area contributed by atoms with Crippen molar-refractivity contribution in [2.75, 3.05) is 6.61 Å². The largest absolute Gasteiger partial charge is 0.477 e. The van der Waals surface area contributed by atoms with Crippen LogP contribution in [-0.4, -0.2) is 45.2 Å². The Labute approximate surface area is 301 Å². The summed E-state index contributed by atoms with van der Waals surface area (Å²) in [6.07, 6.45) is 6.36. The molecule has 0 spiro atoms. The molecule has 244 valence electrons. The number of carboxylic acid groups (broad SMARTS) is 1. The number of hydrogen-bond donors (Lipinski definition) is 1. The van der Waals surface area contributed by atoms with Crippen molar-refractivity contribution in [3.63, 3.8) is 0 Å². The van der Waals surface area contributed by atoms with Gasteiger partial charge in [0.25, 0.3) is 0 Å². The third-order valence-corrected chi connectivity index (χ3v) is 10.2. The molecule has 0 aliphatic carbocycles. The van der Waals surface area contributed by atoms with Gasteiger partial charge in [0.15, 0.2) is 11.6 Å². The highest BCUT2D eigenvalue weighted by Gasteiger charge is 2.25. The van der Waals surface area contributed by atoms with Gasteiger partial charge in [0.2, 0.25) is 0 Å². The molecule has 0 aliphatic heterocycles. The molecule has 4 heterocycles. The highest BCUT2D eigenvalue weighted by molar-refractivity contribution is 7.22. The number of carbonyl (C=O) groups is 4. The zero-order valence-electron chi connectivity index (χ0n) is 25.2. The van der Waals surface area contributed by atoms with Crippen LogP contribution < -0.4 is 0 Å². The summed E-state index contributed by atoms with van der Waals surface area (Å²) in [4.78, 5) is 56.4. The van der Waals surface area contributed by atoms with Crippen molar-refractivity contribution in [1.29, 1.82) is 0 Å². The normalized spacial score (nSPS) is 10.9. The zero-order valence-corrected chi connectivity index (χ0v) is 29.8. The molecule has 4 aromatic heterocycles. The van der Waals surface area contributed by atoms with E-state index in [1.807, 2.05) is 0 Å². The van der Waals surface area contributed by atoms with Gasteiger partial charge >= 0.3 is 11.9 Å². The van der Waals surface area contributed by atoms with Gasteiger partial charge in [0.05, 0.1) is 17.7 Å². The monoisotopic (exact) mass is 758 g/mol. The lowest BCUT2D eigenvalue weighted by atomic mass is 10.0. The fourth-order valence-electron chi connectivity index (χ4n) is 5.04. The number of aromatic carboxylic acids is 1. The van der Waals surface area contributed by atoms with Crippen molar-refractivity contribution in [2.45, 2.75) is 20.8 Å². The standard InChI is InChI=1S/C18H13Cl2NO3S.C16H9Cl2NO3S/c1-3-24-18(23)17-15(9(2)22)14-8-21-7-13(16(14)25-17)10-4-11(19)6-12(20)5-10;1-7(20)13-12-6-19-5-11(14(12)23-15(13)16(21)22)8-2-9(17)4-10(18)3-8/h4-8H,3H2,1-2H3;2-6H,1H3,(H,21,22). The van der Waals surface area contributed by atoms with Gasteiger partial charge in [0, 0.05) is 76.2 Å². The van der Waals surface area contributed by atoms with Gasteiger partial charge in [-0.25, -0.2) is 9.59 Å². The van der Waals surface area contributed by atoms with Gasteiger partial charge < -0.3 is 9.84 Å². The zero-order chi connectivity index (χ0) is 34.9. The van der Waals surface area contributed by atoms with E-state index in [1.165, 1.54) is 31.4 Å². The molecule has 2 aromatic carbocycles. The Morgan fingerprint density at radius 3 is 1.44 bits per heavy atom. The summed E-state index contributed by atoms with van der Waals surface area (Å²) in [5.41, 5.74) is 3.44. The second-order valence-electron chi connectivity index (χ2n) is 10.2. The lowest BCUT2D eigenvalue weighted by molar-refractivity contribution is 0.0528. The molecule has 6 aromatic rings. The highest BCUT2D eigenvalue weighted by atomic mass is 35.5. The molecule has 8 nitrogen and oxygen atoms in total. The predicted molar refractivity (Wildman–Crippen MR) is 193 cm³/mol. The number of benzene rings is 2. The number of pyridine rings is 2. The number of ketones is 2. The third-order valence-electron chi connectivity index (χ3n) is 6.90. The maximum absolute atomic E-state index is 12.3. The molecule has 0 fully saturated rings. The number of carbonyl (C=O) groups excluding carboxylic acids is 3. The first-order valence-corrected chi connectivity index (χ1v) is 17.1. The number of rotatable bonds is 7. The second kappa shape index (κ2) is 14.7. The van der Waals surface area contributed by atoms with Gasteiger partial charge in [0.1, 0.15) is 9.75 Å². The number of Topliss-reactive ketones (excluding diaryl/α,β-unsaturated/α-hetero) is 2. The Bertz CT molecular complexity index is 2240. The fraction of sp³-hybridized carbons (Fsp3) is 0.118. The Morgan fingerprint density at radius 1 is 0.667 bits per heavy atom. The Balaban J connectivity index is 0.000000188. The van der Waals surface area contributed by atoms with E-state index >= 15 is 0 Å². The average molecular weight is 761 g/mol. The minimum absolute atomic E-state index is 0.00914. The Morgan fingerprint density at radius 2 is 1.06 bits per heavy atom. The summed E-state index contributed by atoms with van der Waals surface area (Å²) in [6.45, 7) is 4.73. The van der Waals surface area contributed by atoms with E-state index in [1.54, 1.807) is 61.9 Å². The summed E-state index contributed by atoms with van der Waals surface area (Å²) in [5, 5.41) is 12.4. The van der Waals surface area contributed by atoms with E-state index in [-0.39, 0.29) is 33.5 Å². The number of esters is 1. The van der Waals surface area contributed by atoms with Crippen LogP contribution in [0.1, 0.15) is 60.8 Å². The topological polar surface area (TPSA) is 124 Å². The lowest BCUT2D eigenvalue weighted by Crippen LogP contribution is -2.07. The Kier molecular flexibility index (Phi) is 10.8. The number of nitrogens with zero attached hydrogens (tertiary/aromatic N) is 2. The number of aromatic nitrogens is 2. The van der Waals surface area contributed by atoms with Crippen LogP contribution in [0.25, 0.3) is 42.4 Å². The molecular formula is C34H22Cl4N2O6S2. The smallest absolute Gasteiger partial charge is 0.349 e. The molecule has 0 saturated heterocycles. The molecule has 6 rings (SSSR count). The predicted octanol–water partition coefficient (Wildman–Crippen LogP) is 10.8. The van der Waals surface area contributed by atoms with Crippen molar-refractivity contribution in [3.05, 3.63) is 102 Å². The Hall–Kier alpha value is -3.90. The molecule has 14 heteroatoms. The van der Waals surface area contributed by atoms with Crippen molar-refractivity contribution in [1.82, 2.24) is 9.97 Å². The molecule has 0 saturated carbocycles. The first-order chi connectivity index (χ1) is 22.8. The third kappa shape index (κ3) is 7.24. The quantitative estimate of drug-likeness (QED) is 0.126. The number of thiophene rings is 2. The first kappa shape index (κ1) is 35.4. The SMILES string of the molecule is CC(=O)c1c(C(=O)O)sc2c(-c3cc(Cl)cc(Cl)c3)cncc12.CCOC(=O)c1sc2c(-c3cc(Cl)cc(Cl)c3)cncc2c1C(C)=O. The van der Waals surface area contributed by atoms with E-state index in [0.717, 1.165) is 27.2 Å². The fourth-order valence-corrected chi connectivity index (χ4v) is 8.54. The molecule has 48 heavy (non-hydrogen) atoms. The van der Waals surface area contributed by atoms with Gasteiger partial charge in [-0.1, -0.05) is 46.4 Å². The van der Waals surface area contributed by atoms with Crippen LogP contribution in [0, 0.1) is 0 Å². The number of fused-ring (bicyclic) bond motifs is 2. The van der Waals surface area contributed by atoms with E-state index in [0.29, 0.717) is 52.3 Å². The number of halogens is 4. The highest BCUT2D eigenvalue weighted by Crippen LogP contribution is 2.41. The number of hydrogen-bond acceptors (Lipinski definition) is 9. The first-order valence-electron chi connectivity index (χ1n) is 14.0. The van der Waals surface area contributed by atoms with E-state index in [9.17, 15) is 24.3 Å². The van der Waals surface area contributed by atoms with Crippen LogP contribution in [0.2, 0.25) is 20.1 Å². The lowest BCUT2D eigenvalue weighted by Gasteiger charge is -2.05. The number of carboxylic acids is 1. The average Bonchev–Trinajstić information content (AvgIpc) is 3.60. The summed E-state index contributed by atoms with van der Waals surface area (Å²) < 4.78 is 6.52. The maximum atomic E-state index is 12.3. The van der Waals surface area contributed by atoms with E-state index in [4.69, 9.17) is 51.1 Å². The van der Waals surface area contributed by atoms with Gasteiger partial charge in [-0.2, -0.15) is 0 Å². The van der Waals surface area contributed by atoms with Gasteiger partial charge in [-0.15, -0.1) is 22.7 Å². The van der Waals surface area contributed by atoms with Crippen molar-refractivity contribution < 1.29 is 29.0 Å². The molecule has 0 bridgehead atoms. The molecule has 1 N–H and O–H groups in total. The second-order valence-corrected chi connectivity index (χ2v) is 14.0. The summed E-state index contributed by atoms with van der Waals surface area (Å²) in [5.74, 6) is -2.16. The van der Waals surface area contributed by atoms with Gasteiger partial charge in [-0.3, -0.25) is 19.6 Å². The summed E-state index contributed by atoms with van der Waals surface area (Å²) >= 11 is 26.5. The van der Waals surface area contributed by atoms with E-state index < -0.39 is 11.9 Å². The van der Waals surface area contributed by atoms with Crippen LogP contribution >= 0.6 is 69.1 Å². The van der Waals surface area contributed by atoms with Gasteiger partial charge in [-0.05, 0) is 68.3 Å². The van der Waals surface area contributed by atoms with Crippen LogP contribution in [-0.2, 0) is 4.74 Å².